The third kappa shape index (κ3) is 3.94. The van der Waals surface area contributed by atoms with Crippen molar-refractivity contribution in [3.63, 3.8) is 0 Å². The van der Waals surface area contributed by atoms with Gasteiger partial charge < -0.3 is 4.90 Å². The van der Waals surface area contributed by atoms with Gasteiger partial charge in [-0.3, -0.25) is 0 Å². The zero-order chi connectivity index (χ0) is 10.4. The molecule has 0 aliphatic heterocycles. The molecule has 0 aromatic heterocycles. The van der Waals surface area contributed by atoms with Crippen molar-refractivity contribution in [2.75, 3.05) is 14.1 Å². The Balaban J connectivity index is 2.46. The largest absolute Gasteiger partial charge is 0.363 e. The van der Waals surface area contributed by atoms with Crippen molar-refractivity contribution >= 4 is 34.4 Å². The minimum atomic E-state index is 0.872. The van der Waals surface area contributed by atoms with Crippen molar-refractivity contribution in [1.29, 1.82) is 0 Å². The van der Waals surface area contributed by atoms with E-state index in [2.05, 4.69) is 18.2 Å². The summed E-state index contributed by atoms with van der Waals surface area (Å²) < 4.78 is 0.872. The Morgan fingerprint density at radius 2 is 1.93 bits per heavy atom. The van der Waals surface area contributed by atoms with Crippen molar-refractivity contribution in [3.8, 4) is 0 Å². The van der Waals surface area contributed by atoms with E-state index in [0.717, 1.165) is 4.32 Å². The highest BCUT2D eigenvalue weighted by Crippen LogP contribution is 2.11. The molecule has 0 aliphatic carbocycles. The van der Waals surface area contributed by atoms with Gasteiger partial charge in [-0.25, -0.2) is 0 Å². The predicted octanol–water partition coefficient (Wildman–Crippen LogP) is 3.24. The van der Waals surface area contributed by atoms with Gasteiger partial charge in [-0.1, -0.05) is 54.3 Å². The summed E-state index contributed by atoms with van der Waals surface area (Å²) >= 11 is 6.69. The molecule has 1 aromatic carbocycles. The van der Waals surface area contributed by atoms with E-state index in [0.29, 0.717) is 0 Å². The summed E-state index contributed by atoms with van der Waals surface area (Å²) in [7, 11) is 3.90. The fourth-order valence-corrected chi connectivity index (χ4v) is 1.56. The summed E-state index contributed by atoms with van der Waals surface area (Å²) in [5.41, 5.74) is 1.20. The standard InChI is InChI=1S/C11H13NS2/c1-12(2)11(13)14-9-8-10-6-4-3-5-7-10/h3-9H,1-2H3/b9-8+. The Hall–Kier alpha value is -0.800. The zero-order valence-corrected chi connectivity index (χ0v) is 9.94. The lowest BCUT2D eigenvalue weighted by molar-refractivity contribution is 0.648. The summed E-state index contributed by atoms with van der Waals surface area (Å²) in [4.78, 5) is 1.93. The number of thioether (sulfide) groups is 1. The van der Waals surface area contributed by atoms with Crippen LogP contribution in [0.4, 0.5) is 0 Å². The summed E-state index contributed by atoms with van der Waals surface area (Å²) in [6.07, 6.45) is 2.06. The third-order valence-electron chi connectivity index (χ3n) is 1.59. The maximum absolute atomic E-state index is 5.13. The second-order valence-corrected chi connectivity index (χ2v) is 4.53. The predicted molar refractivity (Wildman–Crippen MR) is 69.4 cm³/mol. The van der Waals surface area contributed by atoms with Crippen LogP contribution in [0.1, 0.15) is 5.56 Å². The lowest BCUT2D eigenvalue weighted by Gasteiger charge is -2.09. The SMILES string of the molecule is CN(C)C(=S)S/C=C/c1ccccc1. The zero-order valence-electron chi connectivity index (χ0n) is 8.31. The minimum absolute atomic E-state index is 0.872. The summed E-state index contributed by atoms with van der Waals surface area (Å²) in [6, 6.07) is 10.2. The van der Waals surface area contributed by atoms with Crippen LogP contribution < -0.4 is 0 Å². The smallest absolute Gasteiger partial charge is 0.140 e. The maximum Gasteiger partial charge on any atom is 0.140 e. The van der Waals surface area contributed by atoms with Crippen molar-refractivity contribution in [2.45, 2.75) is 0 Å². The molecule has 0 saturated carbocycles. The number of hydrogen-bond donors (Lipinski definition) is 0. The molecule has 0 aliphatic rings. The van der Waals surface area contributed by atoms with Crippen LogP contribution >= 0.6 is 24.0 Å². The number of nitrogens with zero attached hydrogens (tertiary/aromatic N) is 1. The first-order valence-corrected chi connectivity index (χ1v) is 5.58. The molecule has 1 nitrogen and oxygen atoms in total. The maximum atomic E-state index is 5.13. The van der Waals surface area contributed by atoms with Gasteiger partial charge in [-0.2, -0.15) is 0 Å². The molecular formula is C11H13NS2. The lowest BCUT2D eigenvalue weighted by Crippen LogP contribution is -2.14. The second kappa shape index (κ2) is 5.83. The van der Waals surface area contributed by atoms with E-state index in [4.69, 9.17) is 12.2 Å². The highest BCUT2D eigenvalue weighted by atomic mass is 32.2. The van der Waals surface area contributed by atoms with Crippen LogP contribution in [0.25, 0.3) is 6.08 Å². The van der Waals surface area contributed by atoms with E-state index in [1.165, 1.54) is 5.56 Å². The topological polar surface area (TPSA) is 3.24 Å². The van der Waals surface area contributed by atoms with Gasteiger partial charge in [0, 0.05) is 14.1 Å². The van der Waals surface area contributed by atoms with Gasteiger partial charge in [0.1, 0.15) is 4.32 Å². The van der Waals surface area contributed by atoms with Crippen molar-refractivity contribution < 1.29 is 0 Å². The normalized spacial score (nSPS) is 10.4. The number of benzene rings is 1. The van der Waals surface area contributed by atoms with E-state index >= 15 is 0 Å². The quantitative estimate of drug-likeness (QED) is 0.709. The van der Waals surface area contributed by atoms with Crippen molar-refractivity contribution in [3.05, 3.63) is 41.3 Å². The molecule has 3 heteroatoms. The first-order chi connectivity index (χ1) is 6.70. The Kier molecular flexibility index (Phi) is 4.70. The molecule has 0 unspecified atom stereocenters. The summed E-state index contributed by atoms with van der Waals surface area (Å²) in [5, 5.41) is 2.01. The average Bonchev–Trinajstić information content (AvgIpc) is 2.19. The molecule has 1 aromatic rings. The Morgan fingerprint density at radius 3 is 2.50 bits per heavy atom. The molecule has 14 heavy (non-hydrogen) atoms. The van der Waals surface area contributed by atoms with E-state index in [-0.39, 0.29) is 0 Å². The fraction of sp³-hybridized carbons (Fsp3) is 0.182. The Morgan fingerprint density at radius 1 is 1.29 bits per heavy atom. The molecule has 0 atom stereocenters. The molecular weight excluding hydrogens is 210 g/mol. The van der Waals surface area contributed by atoms with E-state index < -0.39 is 0 Å². The van der Waals surface area contributed by atoms with Gasteiger partial charge in [0.15, 0.2) is 0 Å². The van der Waals surface area contributed by atoms with Crippen LogP contribution in [-0.2, 0) is 0 Å². The fourth-order valence-electron chi connectivity index (χ4n) is 0.840. The van der Waals surface area contributed by atoms with Crippen molar-refractivity contribution in [2.24, 2.45) is 0 Å². The summed E-state index contributed by atoms with van der Waals surface area (Å²) in [5.74, 6) is 0. The minimum Gasteiger partial charge on any atom is -0.363 e. The van der Waals surface area contributed by atoms with E-state index in [1.807, 2.05) is 42.6 Å². The van der Waals surface area contributed by atoms with E-state index in [1.54, 1.807) is 11.8 Å². The summed E-state index contributed by atoms with van der Waals surface area (Å²) in [6.45, 7) is 0. The van der Waals surface area contributed by atoms with Gasteiger partial charge >= 0.3 is 0 Å². The molecule has 1 rings (SSSR count). The molecule has 0 amide bonds. The van der Waals surface area contributed by atoms with Gasteiger partial charge in [-0.15, -0.1) is 0 Å². The third-order valence-corrected chi connectivity index (χ3v) is 3.09. The van der Waals surface area contributed by atoms with Crippen molar-refractivity contribution in [1.82, 2.24) is 4.90 Å². The molecule has 0 heterocycles. The molecule has 0 spiro atoms. The molecule has 0 radical (unpaired) electrons. The monoisotopic (exact) mass is 223 g/mol. The first-order valence-electron chi connectivity index (χ1n) is 4.29. The molecule has 74 valence electrons. The molecule has 0 fully saturated rings. The lowest BCUT2D eigenvalue weighted by atomic mass is 10.2. The van der Waals surface area contributed by atoms with Gasteiger partial charge in [0.05, 0.1) is 0 Å². The van der Waals surface area contributed by atoms with E-state index in [9.17, 15) is 0 Å². The number of rotatable bonds is 2. The Bertz CT molecular complexity index is 317. The van der Waals surface area contributed by atoms with Crippen LogP contribution in [0.3, 0.4) is 0 Å². The van der Waals surface area contributed by atoms with Crippen LogP contribution in [0, 0.1) is 0 Å². The van der Waals surface area contributed by atoms with Crippen LogP contribution in [-0.4, -0.2) is 23.3 Å². The van der Waals surface area contributed by atoms with Crippen LogP contribution in [0.15, 0.2) is 35.7 Å². The van der Waals surface area contributed by atoms with Gasteiger partial charge in [0.2, 0.25) is 0 Å². The van der Waals surface area contributed by atoms with Crippen LogP contribution in [0.5, 0.6) is 0 Å². The molecule has 0 N–H and O–H groups in total. The second-order valence-electron chi connectivity index (χ2n) is 2.99. The van der Waals surface area contributed by atoms with Gasteiger partial charge in [0.25, 0.3) is 0 Å². The molecule has 0 saturated heterocycles. The van der Waals surface area contributed by atoms with Crippen LogP contribution in [0.2, 0.25) is 0 Å². The number of hydrogen-bond acceptors (Lipinski definition) is 2. The number of thiocarbonyl (C=S) groups is 1. The highest BCUT2D eigenvalue weighted by Gasteiger charge is 1.94. The average molecular weight is 223 g/mol. The van der Waals surface area contributed by atoms with Gasteiger partial charge in [-0.05, 0) is 17.0 Å². The Labute approximate surface area is 94.8 Å². The first kappa shape index (κ1) is 11.3. The highest BCUT2D eigenvalue weighted by molar-refractivity contribution is 8.24. The molecule has 0 bridgehead atoms.